The highest BCUT2D eigenvalue weighted by Crippen LogP contribution is 2.14. The maximum atomic E-state index is 13.2. The van der Waals surface area contributed by atoms with Crippen molar-refractivity contribution in [2.24, 2.45) is 4.99 Å². The first kappa shape index (κ1) is 26.7. The molecule has 0 aliphatic heterocycles. The number of benzene rings is 2. The van der Waals surface area contributed by atoms with Gasteiger partial charge in [0.15, 0.2) is 12.6 Å². The van der Waals surface area contributed by atoms with Gasteiger partial charge in [-0.25, -0.2) is 9.38 Å². The predicted molar refractivity (Wildman–Crippen MR) is 134 cm³/mol. The zero-order valence-electron chi connectivity index (χ0n) is 18.6. The van der Waals surface area contributed by atoms with Crippen LogP contribution >= 0.6 is 24.0 Å². The quantitative estimate of drug-likeness (QED) is 0.289. The van der Waals surface area contributed by atoms with E-state index in [1.165, 1.54) is 11.0 Å². The van der Waals surface area contributed by atoms with Crippen molar-refractivity contribution >= 4 is 35.8 Å². The molecule has 170 valence electrons. The SMILES string of the molecule is CCNC(=NCc1cccc(OCC(=O)N(C)C)c1)NCCc1ccc(F)cc1C.I. The third-order valence-electron chi connectivity index (χ3n) is 4.51. The molecule has 0 bridgehead atoms. The van der Waals surface area contributed by atoms with Gasteiger partial charge in [-0.05, 0) is 61.2 Å². The number of amides is 1. The lowest BCUT2D eigenvalue weighted by Gasteiger charge is -2.13. The van der Waals surface area contributed by atoms with Crippen LogP contribution in [-0.4, -0.2) is 50.6 Å². The fourth-order valence-corrected chi connectivity index (χ4v) is 2.78. The van der Waals surface area contributed by atoms with Crippen LogP contribution in [0.15, 0.2) is 47.5 Å². The lowest BCUT2D eigenvalue weighted by Crippen LogP contribution is -2.38. The highest BCUT2D eigenvalue weighted by Gasteiger charge is 2.06. The number of carbonyl (C=O) groups is 1. The number of aryl methyl sites for hydroxylation is 1. The second-order valence-electron chi connectivity index (χ2n) is 7.17. The molecule has 0 heterocycles. The van der Waals surface area contributed by atoms with Crippen molar-refractivity contribution in [3.63, 3.8) is 0 Å². The van der Waals surface area contributed by atoms with E-state index in [4.69, 9.17) is 4.74 Å². The molecule has 0 atom stereocenters. The Morgan fingerprint density at radius 2 is 1.94 bits per heavy atom. The molecular formula is C23H32FIN4O2. The average Bonchev–Trinajstić information content (AvgIpc) is 2.72. The van der Waals surface area contributed by atoms with Gasteiger partial charge >= 0.3 is 0 Å². The molecule has 31 heavy (non-hydrogen) atoms. The fourth-order valence-electron chi connectivity index (χ4n) is 2.78. The summed E-state index contributed by atoms with van der Waals surface area (Å²) >= 11 is 0. The number of nitrogens with zero attached hydrogens (tertiary/aromatic N) is 2. The maximum Gasteiger partial charge on any atom is 0.259 e. The first-order chi connectivity index (χ1) is 14.4. The van der Waals surface area contributed by atoms with Gasteiger partial charge in [0.25, 0.3) is 5.91 Å². The number of ether oxygens (including phenoxy) is 1. The van der Waals surface area contributed by atoms with Gasteiger partial charge in [0, 0.05) is 27.2 Å². The maximum absolute atomic E-state index is 13.2. The van der Waals surface area contributed by atoms with Gasteiger partial charge in [0.2, 0.25) is 0 Å². The third kappa shape index (κ3) is 9.54. The Morgan fingerprint density at radius 3 is 2.61 bits per heavy atom. The van der Waals surface area contributed by atoms with Crippen molar-refractivity contribution in [1.82, 2.24) is 15.5 Å². The monoisotopic (exact) mass is 542 g/mol. The molecule has 0 aliphatic rings. The van der Waals surface area contributed by atoms with Crippen molar-refractivity contribution in [1.29, 1.82) is 0 Å². The highest BCUT2D eigenvalue weighted by molar-refractivity contribution is 14.0. The van der Waals surface area contributed by atoms with E-state index in [2.05, 4.69) is 15.6 Å². The molecule has 0 saturated carbocycles. The fraction of sp³-hybridized carbons (Fsp3) is 0.391. The number of aliphatic imine (C=N–C) groups is 1. The van der Waals surface area contributed by atoms with Gasteiger partial charge in [-0.15, -0.1) is 24.0 Å². The molecule has 0 aliphatic carbocycles. The molecule has 0 radical (unpaired) electrons. The molecule has 0 fully saturated rings. The Morgan fingerprint density at radius 1 is 1.16 bits per heavy atom. The largest absolute Gasteiger partial charge is 0.484 e. The first-order valence-corrected chi connectivity index (χ1v) is 10.1. The van der Waals surface area contributed by atoms with E-state index in [1.54, 1.807) is 20.2 Å². The molecule has 0 spiro atoms. The van der Waals surface area contributed by atoms with E-state index in [9.17, 15) is 9.18 Å². The summed E-state index contributed by atoms with van der Waals surface area (Å²) in [6, 6.07) is 12.4. The summed E-state index contributed by atoms with van der Waals surface area (Å²) < 4.78 is 18.8. The standard InChI is InChI=1S/C23H31FN4O2.HI/c1-5-25-23(26-12-11-19-9-10-20(24)13-17(19)2)27-15-18-7-6-8-21(14-18)30-16-22(29)28(3)4;/h6-10,13-14H,5,11-12,15-16H2,1-4H3,(H2,25,26,27);1H. The number of hydrogen-bond donors (Lipinski definition) is 2. The molecule has 2 rings (SSSR count). The number of hydrogen-bond acceptors (Lipinski definition) is 3. The summed E-state index contributed by atoms with van der Waals surface area (Å²) in [6.45, 7) is 5.85. The van der Waals surface area contributed by atoms with Crippen LogP contribution in [0.5, 0.6) is 5.75 Å². The Kier molecular flexibility index (Phi) is 11.9. The predicted octanol–water partition coefficient (Wildman–Crippen LogP) is 3.52. The minimum absolute atomic E-state index is 0. The summed E-state index contributed by atoms with van der Waals surface area (Å²) in [5.74, 6) is 1.05. The van der Waals surface area contributed by atoms with Gasteiger partial charge in [-0.2, -0.15) is 0 Å². The minimum atomic E-state index is -0.212. The van der Waals surface area contributed by atoms with Gasteiger partial charge in [0.1, 0.15) is 11.6 Å². The average molecular weight is 542 g/mol. The molecular weight excluding hydrogens is 510 g/mol. The van der Waals surface area contributed by atoms with Crippen LogP contribution in [0.4, 0.5) is 4.39 Å². The van der Waals surface area contributed by atoms with Gasteiger partial charge in [-0.3, -0.25) is 4.79 Å². The van der Waals surface area contributed by atoms with Crippen LogP contribution in [0, 0.1) is 12.7 Å². The number of likely N-dealkylation sites (N-methyl/N-ethyl adjacent to an activating group) is 1. The molecule has 2 N–H and O–H groups in total. The summed E-state index contributed by atoms with van der Waals surface area (Å²) in [6.07, 6.45) is 0.778. The smallest absolute Gasteiger partial charge is 0.259 e. The van der Waals surface area contributed by atoms with E-state index in [-0.39, 0.29) is 42.3 Å². The van der Waals surface area contributed by atoms with Crippen LogP contribution in [0.2, 0.25) is 0 Å². The van der Waals surface area contributed by atoms with Crippen molar-refractivity contribution in [2.75, 3.05) is 33.8 Å². The number of guanidine groups is 1. The number of rotatable bonds is 9. The topological polar surface area (TPSA) is 66.0 Å². The van der Waals surface area contributed by atoms with E-state index in [1.807, 2.05) is 44.2 Å². The minimum Gasteiger partial charge on any atom is -0.484 e. The number of halogens is 2. The normalized spacial score (nSPS) is 10.8. The third-order valence-corrected chi connectivity index (χ3v) is 4.51. The lowest BCUT2D eigenvalue weighted by atomic mass is 10.1. The summed E-state index contributed by atoms with van der Waals surface area (Å²) in [4.78, 5) is 17.8. The Hall–Kier alpha value is -2.36. The van der Waals surface area contributed by atoms with Crippen LogP contribution in [-0.2, 0) is 17.8 Å². The zero-order chi connectivity index (χ0) is 21.9. The molecule has 8 heteroatoms. The highest BCUT2D eigenvalue weighted by atomic mass is 127. The molecule has 6 nitrogen and oxygen atoms in total. The van der Waals surface area contributed by atoms with Crippen molar-refractivity contribution in [2.45, 2.75) is 26.8 Å². The Bertz CT molecular complexity index is 874. The van der Waals surface area contributed by atoms with Gasteiger partial charge in [0.05, 0.1) is 6.54 Å². The molecule has 0 unspecified atom stereocenters. The van der Waals surface area contributed by atoms with Crippen molar-refractivity contribution in [3.05, 3.63) is 65.0 Å². The van der Waals surface area contributed by atoms with E-state index in [0.29, 0.717) is 24.8 Å². The first-order valence-electron chi connectivity index (χ1n) is 10.1. The van der Waals surface area contributed by atoms with Gasteiger partial charge < -0.3 is 20.3 Å². The molecule has 2 aromatic rings. The molecule has 0 aromatic heterocycles. The van der Waals surface area contributed by atoms with E-state index < -0.39 is 0 Å². The number of carbonyl (C=O) groups excluding carboxylic acids is 1. The van der Waals surface area contributed by atoms with E-state index >= 15 is 0 Å². The van der Waals surface area contributed by atoms with Crippen LogP contribution < -0.4 is 15.4 Å². The van der Waals surface area contributed by atoms with Crippen LogP contribution in [0.3, 0.4) is 0 Å². The number of nitrogens with one attached hydrogen (secondary N) is 2. The van der Waals surface area contributed by atoms with Crippen LogP contribution in [0.1, 0.15) is 23.6 Å². The van der Waals surface area contributed by atoms with Crippen molar-refractivity contribution in [3.8, 4) is 5.75 Å². The van der Waals surface area contributed by atoms with Crippen molar-refractivity contribution < 1.29 is 13.9 Å². The molecule has 0 saturated heterocycles. The summed E-state index contributed by atoms with van der Waals surface area (Å²) in [5, 5.41) is 6.54. The molecule has 1 amide bonds. The zero-order valence-corrected chi connectivity index (χ0v) is 20.9. The van der Waals surface area contributed by atoms with Crippen LogP contribution in [0.25, 0.3) is 0 Å². The second kappa shape index (κ2) is 13.8. The van der Waals surface area contributed by atoms with E-state index in [0.717, 1.165) is 29.7 Å². The molecule has 2 aromatic carbocycles. The Balaban J connectivity index is 0.00000480. The summed E-state index contributed by atoms with van der Waals surface area (Å²) in [7, 11) is 3.40. The summed E-state index contributed by atoms with van der Waals surface area (Å²) in [5.41, 5.74) is 3.04. The Labute approximate surface area is 201 Å². The van der Waals surface area contributed by atoms with Gasteiger partial charge in [-0.1, -0.05) is 18.2 Å². The second-order valence-corrected chi connectivity index (χ2v) is 7.17. The lowest BCUT2D eigenvalue weighted by molar-refractivity contribution is -0.130.